The van der Waals surface area contributed by atoms with Gasteiger partial charge in [0.25, 0.3) is 0 Å². The fourth-order valence-corrected chi connectivity index (χ4v) is 3.58. The van der Waals surface area contributed by atoms with Crippen molar-refractivity contribution < 1.29 is 27.9 Å². The van der Waals surface area contributed by atoms with Crippen molar-refractivity contribution in [2.45, 2.75) is 38.5 Å². The molecule has 1 saturated heterocycles. The Kier molecular flexibility index (Phi) is 5.46. The van der Waals surface area contributed by atoms with Crippen molar-refractivity contribution in [3.05, 3.63) is 35.4 Å². The number of carboxylic acid groups (broad SMARTS) is 1. The maximum Gasteiger partial charge on any atom is 0.393 e. The highest BCUT2D eigenvalue weighted by Crippen LogP contribution is 2.38. The summed E-state index contributed by atoms with van der Waals surface area (Å²) >= 11 is 0. The number of likely N-dealkylation sites (tertiary alicyclic amines) is 1. The van der Waals surface area contributed by atoms with Crippen LogP contribution in [0.25, 0.3) is 0 Å². The topological polar surface area (TPSA) is 60.9 Å². The minimum atomic E-state index is -4.58. The molecule has 8 heteroatoms. The van der Waals surface area contributed by atoms with Gasteiger partial charge in [0, 0.05) is 25.7 Å². The Morgan fingerprint density at radius 1 is 1.19 bits per heavy atom. The second-order valence-corrected chi connectivity index (χ2v) is 7.53. The third-order valence-electron chi connectivity index (χ3n) is 5.27. The first kappa shape index (κ1) is 19.7. The normalized spacial score (nSPS) is 23.4. The van der Waals surface area contributed by atoms with Gasteiger partial charge in [0.05, 0.1) is 18.4 Å². The van der Waals surface area contributed by atoms with E-state index in [1.165, 1.54) is 4.90 Å². The number of hydrogen-bond acceptors (Lipinski definition) is 3. The second-order valence-electron chi connectivity index (χ2n) is 7.53. The van der Waals surface area contributed by atoms with Crippen molar-refractivity contribution >= 4 is 11.9 Å². The van der Waals surface area contributed by atoms with Crippen molar-refractivity contribution in [2.24, 2.45) is 11.8 Å². The largest absolute Gasteiger partial charge is 0.481 e. The molecule has 1 aliphatic carbocycles. The SMILES string of the molecule is Cc1ccc(CN(C(=O)CN2C[C@@H](C(F)(F)F)[C@H](C(=O)O)C2)C2CC2)cc1. The van der Waals surface area contributed by atoms with Crippen LogP contribution in [0.1, 0.15) is 24.0 Å². The van der Waals surface area contributed by atoms with Crippen LogP contribution in [0.15, 0.2) is 24.3 Å². The number of rotatable bonds is 6. The van der Waals surface area contributed by atoms with Gasteiger partial charge in [-0.2, -0.15) is 13.2 Å². The maximum absolute atomic E-state index is 13.1. The molecule has 1 saturated carbocycles. The average molecular weight is 384 g/mol. The standard InChI is InChI=1S/C19H23F3N2O3/c1-12-2-4-13(5-3-12)8-24(14-6-7-14)17(25)11-23-9-15(18(26)27)16(10-23)19(20,21)22/h2-5,14-16H,6-11H2,1H3,(H,26,27)/t15-,16-/m1/s1. The molecular formula is C19H23F3N2O3. The van der Waals surface area contributed by atoms with E-state index in [0.717, 1.165) is 24.0 Å². The summed E-state index contributed by atoms with van der Waals surface area (Å²) in [6, 6.07) is 7.91. The van der Waals surface area contributed by atoms with E-state index in [-0.39, 0.29) is 25.0 Å². The van der Waals surface area contributed by atoms with Crippen LogP contribution in [-0.2, 0) is 16.1 Å². The Bertz CT molecular complexity index is 701. The molecule has 2 atom stereocenters. The molecule has 1 aromatic rings. The Balaban J connectivity index is 1.65. The van der Waals surface area contributed by atoms with Crippen LogP contribution in [0.5, 0.6) is 0 Å². The summed E-state index contributed by atoms with van der Waals surface area (Å²) in [6.45, 7) is 1.50. The number of aliphatic carboxylic acids is 1. The van der Waals surface area contributed by atoms with Crippen molar-refractivity contribution in [3.8, 4) is 0 Å². The fourth-order valence-electron chi connectivity index (χ4n) is 3.58. The molecule has 0 aromatic heterocycles. The van der Waals surface area contributed by atoms with Gasteiger partial charge in [0.2, 0.25) is 5.91 Å². The monoisotopic (exact) mass is 384 g/mol. The van der Waals surface area contributed by atoms with Crippen LogP contribution in [-0.4, -0.2) is 58.6 Å². The van der Waals surface area contributed by atoms with Crippen molar-refractivity contribution in [3.63, 3.8) is 0 Å². The van der Waals surface area contributed by atoms with Crippen molar-refractivity contribution in [1.29, 1.82) is 0 Å². The minimum Gasteiger partial charge on any atom is -0.481 e. The molecule has 1 aliphatic heterocycles. The lowest BCUT2D eigenvalue weighted by molar-refractivity contribution is -0.188. The van der Waals surface area contributed by atoms with Gasteiger partial charge in [-0.1, -0.05) is 29.8 Å². The van der Waals surface area contributed by atoms with E-state index in [1.54, 1.807) is 4.90 Å². The highest BCUT2D eigenvalue weighted by molar-refractivity contribution is 5.79. The molecular weight excluding hydrogens is 361 g/mol. The first-order valence-electron chi connectivity index (χ1n) is 9.02. The highest BCUT2D eigenvalue weighted by atomic mass is 19.4. The van der Waals surface area contributed by atoms with Gasteiger partial charge in [-0.25, -0.2) is 0 Å². The number of amides is 1. The lowest BCUT2D eigenvalue weighted by Gasteiger charge is -2.25. The quantitative estimate of drug-likeness (QED) is 0.819. The van der Waals surface area contributed by atoms with Crippen molar-refractivity contribution in [1.82, 2.24) is 9.80 Å². The molecule has 148 valence electrons. The van der Waals surface area contributed by atoms with Gasteiger partial charge in [-0.15, -0.1) is 0 Å². The number of halogens is 3. The van der Waals surface area contributed by atoms with Gasteiger partial charge in [0.15, 0.2) is 0 Å². The Labute approximate surface area is 155 Å². The number of hydrogen-bond donors (Lipinski definition) is 1. The molecule has 27 heavy (non-hydrogen) atoms. The Morgan fingerprint density at radius 2 is 1.81 bits per heavy atom. The fraction of sp³-hybridized carbons (Fsp3) is 0.579. The zero-order chi connectivity index (χ0) is 19.8. The predicted molar refractivity (Wildman–Crippen MR) is 91.9 cm³/mol. The summed E-state index contributed by atoms with van der Waals surface area (Å²) < 4.78 is 39.3. The molecule has 1 N–H and O–H groups in total. The molecule has 3 rings (SSSR count). The first-order chi connectivity index (χ1) is 12.6. The van der Waals surface area contributed by atoms with Crippen LogP contribution < -0.4 is 0 Å². The summed E-state index contributed by atoms with van der Waals surface area (Å²) in [4.78, 5) is 27.0. The molecule has 1 heterocycles. The van der Waals surface area contributed by atoms with Gasteiger partial charge in [0.1, 0.15) is 0 Å². The molecule has 0 spiro atoms. The number of carbonyl (C=O) groups is 2. The van der Waals surface area contributed by atoms with Gasteiger partial charge in [-0.05, 0) is 25.3 Å². The van der Waals surface area contributed by atoms with Crippen LogP contribution in [0.2, 0.25) is 0 Å². The van der Waals surface area contributed by atoms with Gasteiger partial charge < -0.3 is 10.0 Å². The smallest absolute Gasteiger partial charge is 0.393 e. The Hall–Kier alpha value is -2.09. The maximum atomic E-state index is 13.1. The average Bonchev–Trinajstić information content (AvgIpc) is 3.32. The summed E-state index contributed by atoms with van der Waals surface area (Å²) in [5.41, 5.74) is 2.08. The van der Waals surface area contributed by atoms with E-state index in [0.29, 0.717) is 6.54 Å². The molecule has 2 aliphatic rings. The lowest BCUT2D eigenvalue weighted by atomic mass is 9.96. The van der Waals surface area contributed by atoms with E-state index in [9.17, 15) is 22.8 Å². The number of benzene rings is 1. The number of aryl methyl sites for hydroxylation is 1. The van der Waals surface area contributed by atoms with Crippen LogP contribution >= 0.6 is 0 Å². The van der Waals surface area contributed by atoms with E-state index < -0.39 is 30.5 Å². The van der Waals surface area contributed by atoms with Crippen LogP contribution in [0.4, 0.5) is 13.2 Å². The minimum absolute atomic E-state index is 0.120. The molecule has 1 aromatic carbocycles. The number of nitrogens with zero attached hydrogens (tertiary/aromatic N) is 2. The molecule has 1 amide bonds. The zero-order valence-electron chi connectivity index (χ0n) is 15.1. The molecule has 2 fully saturated rings. The number of carbonyl (C=O) groups excluding carboxylic acids is 1. The number of alkyl halides is 3. The molecule has 0 radical (unpaired) electrons. The highest BCUT2D eigenvalue weighted by Gasteiger charge is 2.52. The summed E-state index contributed by atoms with van der Waals surface area (Å²) in [6.07, 6.45) is -2.81. The molecule has 5 nitrogen and oxygen atoms in total. The summed E-state index contributed by atoms with van der Waals surface area (Å²) in [5, 5.41) is 9.10. The lowest BCUT2D eigenvalue weighted by Crippen LogP contribution is -2.41. The third kappa shape index (κ3) is 4.80. The van der Waals surface area contributed by atoms with E-state index in [2.05, 4.69) is 0 Å². The number of carboxylic acids is 1. The third-order valence-corrected chi connectivity index (χ3v) is 5.27. The van der Waals surface area contributed by atoms with E-state index in [4.69, 9.17) is 5.11 Å². The van der Waals surface area contributed by atoms with Crippen LogP contribution in [0.3, 0.4) is 0 Å². The van der Waals surface area contributed by atoms with Crippen molar-refractivity contribution in [2.75, 3.05) is 19.6 Å². The predicted octanol–water partition coefficient (Wildman–Crippen LogP) is 2.68. The molecule has 0 bridgehead atoms. The van der Waals surface area contributed by atoms with Gasteiger partial charge >= 0.3 is 12.1 Å². The zero-order valence-corrected chi connectivity index (χ0v) is 15.1. The first-order valence-corrected chi connectivity index (χ1v) is 9.02. The summed E-state index contributed by atoms with van der Waals surface area (Å²) in [7, 11) is 0. The summed E-state index contributed by atoms with van der Waals surface area (Å²) in [5.74, 6) is -5.17. The Morgan fingerprint density at radius 3 is 2.30 bits per heavy atom. The molecule has 0 unspecified atom stereocenters. The van der Waals surface area contributed by atoms with E-state index in [1.807, 2.05) is 31.2 Å². The van der Waals surface area contributed by atoms with Gasteiger partial charge in [-0.3, -0.25) is 14.5 Å². The van der Waals surface area contributed by atoms with E-state index >= 15 is 0 Å². The second kappa shape index (κ2) is 7.50. The van der Waals surface area contributed by atoms with Crippen LogP contribution in [0, 0.1) is 18.8 Å².